The molecule has 3 aromatic carbocycles. The molecule has 5 heteroatoms. The fourth-order valence-corrected chi connectivity index (χ4v) is 4.39. The number of carbonyl (C=O) groups is 1. The lowest BCUT2D eigenvalue weighted by molar-refractivity contribution is 0.0664. The van der Waals surface area contributed by atoms with E-state index in [-0.39, 0.29) is 11.9 Å². The zero-order valence-electron chi connectivity index (χ0n) is 17.5. The number of amides is 1. The van der Waals surface area contributed by atoms with Crippen LogP contribution in [0.2, 0.25) is 0 Å². The maximum atomic E-state index is 13.6. The van der Waals surface area contributed by atoms with Gasteiger partial charge in [-0.25, -0.2) is 0 Å². The van der Waals surface area contributed by atoms with Gasteiger partial charge in [0.2, 0.25) is 0 Å². The van der Waals surface area contributed by atoms with Crippen LogP contribution in [0.25, 0.3) is 11.0 Å². The lowest BCUT2D eigenvalue weighted by Gasteiger charge is -2.37. The number of hydrogen-bond donors (Lipinski definition) is 0. The van der Waals surface area contributed by atoms with Crippen LogP contribution in [0.4, 0.5) is 0 Å². The summed E-state index contributed by atoms with van der Waals surface area (Å²) in [5.74, 6) is 1.59. The monoisotopic (exact) mass is 413 g/mol. The lowest BCUT2D eigenvalue weighted by atomic mass is 9.87. The number of rotatable bonds is 4. The molecule has 0 unspecified atom stereocenters. The summed E-state index contributed by atoms with van der Waals surface area (Å²) in [6, 6.07) is 23.3. The fourth-order valence-electron chi connectivity index (χ4n) is 4.39. The molecule has 0 spiro atoms. The summed E-state index contributed by atoms with van der Waals surface area (Å²) in [4.78, 5) is 15.5. The van der Waals surface area contributed by atoms with Crippen molar-refractivity contribution in [2.45, 2.75) is 12.5 Å². The van der Waals surface area contributed by atoms with E-state index in [2.05, 4.69) is 12.1 Å². The van der Waals surface area contributed by atoms with Crippen LogP contribution in [0.15, 0.2) is 77.2 Å². The minimum absolute atomic E-state index is 0.120. The summed E-state index contributed by atoms with van der Waals surface area (Å²) in [7, 11) is 3.26. The Morgan fingerprint density at radius 1 is 0.935 bits per heavy atom. The van der Waals surface area contributed by atoms with E-state index >= 15 is 0 Å². The van der Waals surface area contributed by atoms with E-state index in [1.165, 1.54) is 0 Å². The van der Waals surface area contributed by atoms with Crippen LogP contribution in [0, 0.1) is 0 Å². The van der Waals surface area contributed by atoms with E-state index in [1.807, 2.05) is 65.6 Å². The first-order chi connectivity index (χ1) is 15.2. The number of methoxy groups -OCH3 is 2. The molecule has 0 saturated carbocycles. The molecule has 0 bridgehead atoms. The summed E-state index contributed by atoms with van der Waals surface area (Å²) in [5, 5.41) is 0.922. The van der Waals surface area contributed by atoms with Crippen molar-refractivity contribution in [1.82, 2.24) is 4.90 Å². The van der Waals surface area contributed by atoms with E-state index in [0.717, 1.165) is 28.5 Å². The molecule has 0 radical (unpaired) electrons. The van der Waals surface area contributed by atoms with Crippen LogP contribution in [-0.4, -0.2) is 31.6 Å². The number of para-hydroxylation sites is 1. The molecule has 5 rings (SSSR count). The summed E-state index contributed by atoms with van der Waals surface area (Å²) in [6.07, 6.45) is 0.727. The molecule has 1 atom stereocenters. The Hall–Kier alpha value is -3.73. The van der Waals surface area contributed by atoms with Crippen molar-refractivity contribution in [3.8, 4) is 11.5 Å². The Morgan fingerprint density at radius 2 is 1.65 bits per heavy atom. The molecule has 1 aliphatic heterocycles. The number of nitrogens with zero attached hydrogens (tertiary/aromatic N) is 1. The Morgan fingerprint density at radius 3 is 2.39 bits per heavy atom. The van der Waals surface area contributed by atoms with Gasteiger partial charge >= 0.3 is 0 Å². The SMILES string of the molecule is COc1cc2c(cc1OC)[C@@H](c1ccccc1)N(C(=O)c1cc3ccccc3o1)CC2. The first-order valence-electron chi connectivity index (χ1n) is 10.3. The predicted molar refractivity (Wildman–Crippen MR) is 119 cm³/mol. The summed E-state index contributed by atoms with van der Waals surface area (Å²) in [5.41, 5.74) is 3.95. The van der Waals surface area contributed by atoms with Gasteiger partial charge in [-0.1, -0.05) is 48.5 Å². The zero-order valence-corrected chi connectivity index (χ0v) is 17.5. The quantitative estimate of drug-likeness (QED) is 0.459. The highest BCUT2D eigenvalue weighted by Crippen LogP contribution is 2.41. The van der Waals surface area contributed by atoms with Gasteiger partial charge < -0.3 is 18.8 Å². The topological polar surface area (TPSA) is 51.9 Å². The molecule has 4 aromatic rings. The molecule has 1 aromatic heterocycles. The van der Waals surface area contributed by atoms with Gasteiger partial charge in [-0.2, -0.15) is 0 Å². The van der Waals surface area contributed by atoms with E-state index in [1.54, 1.807) is 14.2 Å². The molecule has 0 saturated heterocycles. The third-order valence-electron chi connectivity index (χ3n) is 5.89. The number of carbonyl (C=O) groups excluding carboxylic acids is 1. The van der Waals surface area contributed by atoms with Crippen LogP contribution in [0.5, 0.6) is 11.5 Å². The molecule has 1 amide bonds. The normalized spacial score (nSPS) is 15.5. The first kappa shape index (κ1) is 19.2. The standard InChI is InChI=1S/C26H23NO4/c1-29-22-14-18-12-13-27(26(28)24-15-19-10-6-7-11-21(19)31-24)25(17-8-4-3-5-9-17)20(18)16-23(22)30-2/h3-11,14-16,25H,12-13H2,1-2H3/t25-/m1/s1. The Balaban J connectivity index is 1.62. The molecular weight excluding hydrogens is 390 g/mol. The van der Waals surface area contributed by atoms with Crippen molar-refractivity contribution in [3.63, 3.8) is 0 Å². The molecule has 5 nitrogen and oxygen atoms in total. The smallest absolute Gasteiger partial charge is 0.290 e. The lowest BCUT2D eigenvalue weighted by Crippen LogP contribution is -2.40. The van der Waals surface area contributed by atoms with Gasteiger partial charge in [-0.05, 0) is 47.4 Å². The van der Waals surface area contributed by atoms with Crippen molar-refractivity contribution in [2.75, 3.05) is 20.8 Å². The van der Waals surface area contributed by atoms with Crippen molar-refractivity contribution in [3.05, 3.63) is 95.2 Å². The highest BCUT2D eigenvalue weighted by atomic mass is 16.5. The number of benzene rings is 3. The van der Waals surface area contributed by atoms with Gasteiger partial charge in [-0.3, -0.25) is 4.79 Å². The van der Waals surface area contributed by atoms with Gasteiger partial charge in [0.25, 0.3) is 5.91 Å². The molecule has 1 aliphatic rings. The first-order valence-corrected chi connectivity index (χ1v) is 10.3. The van der Waals surface area contributed by atoms with Crippen molar-refractivity contribution in [2.24, 2.45) is 0 Å². The van der Waals surface area contributed by atoms with E-state index in [9.17, 15) is 4.79 Å². The highest BCUT2D eigenvalue weighted by Gasteiger charge is 2.35. The number of fused-ring (bicyclic) bond motifs is 2. The van der Waals surface area contributed by atoms with Crippen LogP contribution in [0.3, 0.4) is 0 Å². The molecular formula is C26H23NO4. The van der Waals surface area contributed by atoms with Crippen LogP contribution >= 0.6 is 0 Å². The van der Waals surface area contributed by atoms with Crippen molar-refractivity contribution in [1.29, 1.82) is 0 Å². The molecule has 0 fully saturated rings. The third-order valence-corrected chi connectivity index (χ3v) is 5.89. The average Bonchev–Trinajstić information content (AvgIpc) is 3.26. The maximum Gasteiger partial charge on any atom is 0.290 e. The summed E-state index contributed by atoms with van der Waals surface area (Å²) >= 11 is 0. The minimum Gasteiger partial charge on any atom is -0.493 e. The van der Waals surface area contributed by atoms with Gasteiger partial charge in [0.15, 0.2) is 17.3 Å². The number of hydrogen-bond acceptors (Lipinski definition) is 4. The van der Waals surface area contributed by atoms with E-state index in [4.69, 9.17) is 13.9 Å². The van der Waals surface area contributed by atoms with E-state index < -0.39 is 0 Å². The molecule has 2 heterocycles. The van der Waals surface area contributed by atoms with Crippen molar-refractivity contribution < 1.29 is 18.7 Å². The van der Waals surface area contributed by atoms with Crippen LogP contribution in [-0.2, 0) is 6.42 Å². The average molecular weight is 413 g/mol. The van der Waals surface area contributed by atoms with Gasteiger partial charge in [0, 0.05) is 11.9 Å². The van der Waals surface area contributed by atoms with Crippen LogP contribution in [0.1, 0.15) is 33.3 Å². The van der Waals surface area contributed by atoms with Crippen molar-refractivity contribution >= 4 is 16.9 Å². The predicted octanol–water partition coefficient (Wildman–Crippen LogP) is 5.24. The largest absolute Gasteiger partial charge is 0.493 e. The molecule has 0 aliphatic carbocycles. The molecule has 156 valence electrons. The van der Waals surface area contributed by atoms with Crippen LogP contribution < -0.4 is 9.47 Å². The molecule has 31 heavy (non-hydrogen) atoms. The Kier molecular flexibility index (Phi) is 4.86. The third kappa shape index (κ3) is 3.32. The second-order valence-electron chi connectivity index (χ2n) is 7.62. The minimum atomic E-state index is -0.245. The highest BCUT2D eigenvalue weighted by molar-refractivity contribution is 5.96. The summed E-state index contributed by atoms with van der Waals surface area (Å²) in [6.45, 7) is 0.581. The second kappa shape index (κ2) is 7.84. The Labute approximate surface area is 180 Å². The van der Waals surface area contributed by atoms with Gasteiger partial charge in [-0.15, -0.1) is 0 Å². The fraction of sp³-hybridized carbons (Fsp3) is 0.192. The number of ether oxygens (including phenoxy) is 2. The summed E-state index contributed by atoms with van der Waals surface area (Å²) < 4.78 is 17.0. The second-order valence-corrected chi connectivity index (χ2v) is 7.62. The molecule has 0 N–H and O–H groups in total. The zero-order chi connectivity index (χ0) is 21.4. The number of furan rings is 1. The Bertz CT molecular complexity index is 1210. The maximum absolute atomic E-state index is 13.6. The van der Waals surface area contributed by atoms with E-state index in [0.29, 0.717) is 29.4 Å². The van der Waals surface area contributed by atoms with Gasteiger partial charge in [0.1, 0.15) is 5.58 Å². The van der Waals surface area contributed by atoms with Gasteiger partial charge in [0.05, 0.1) is 20.3 Å².